The number of H-pyrrole nitrogens is 1. The molecule has 116 valence electrons. The molecule has 1 N–H and O–H groups in total. The molecule has 1 aromatic heterocycles. The van der Waals surface area contributed by atoms with E-state index < -0.39 is 20.4 Å². The van der Waals surface area contributed by atoms with E-state index in [1.807, 2.05) is 18.8 Å². The van der Waals surface area contributed by atoms with Gasteiger partial charge < -0.3 is 13.8 Å². The smallest absolute Gasteiger partial charge is 0.330 e. The van der Waals surface area contributed by atoms with Crippen LogP contribution in [-0.4, -0.2) is 47.1 Å². The van der Waals surface area contributed by atoms with Crippen LogP contribution in [0.25, 0.3) is 0 Å². The van der Waals surface area contributed by atoms with Gasteiger partial charge in [-0.3, -0.25) is 14.3 Å². The Hall–Kier alpha value is -1.05. The SMILES string of the molecule is Cc1cn([C@H]2C[C@@H]3OP(N(C)C)OC[C@H]3O2)c(=O)[nH]c1=O. The fourth-order valence-corrected chi connectivity index (χ4v) is 3.63. The maximum atomic E-state index is 11.9. The number of nitrogens with one attached hydrogen (secondary N) is 1. The lowest BCUT2D eigenvalue weighted by atomic mass is 10.2. The second-order valence-electron chi connectivity index (χ2n) is 5.37. The van der Waals surface area contributed by atoms with Gasteiger partial charge in [-0.2, -0.15) is 0 Å². The number of aryl methyl sites for hydroxylation is 1. The minimum absolute atomic E-state index is 0.101. The van der Waals surface area contributed by atoms with Gasteiger partial charge in [-0.25, -0.2) is 9.46 Å². The van der Waals surface area contributed by atoms with Crippen LogP contribution >= 0.6 is 8.53 Å². The highest BCUT2D eigenvalue weighted by Crippen LogP contribution is 2.49. The normalized spacial score (nSPS) is 32.4. The van der Waals surface area contributed by atoms with Crippen LogP contribution in [0.3, 0.4) is 0 Å². The fraction of sp³-hybridized carbons (Fsp3) is 0.667. The number of hydrogen-bond acceptors (Lipinski definition) is 6. The molecule has 2 saturated heterocycles. The molecular formula is C12H18N3O5P. The zero-order valence-electron chi connectivity index (χ0n) is 12.1. The molecule has 0 aliphatic carbocycles. The van der Waals surface area contributed by atoms with Crippen molar-refractivity contribution in [3.8, 4) is 0 Å². The highest BCUT2D eigenvalue weighted by molar-refractivity contribution is 7.44. The highest BCUT2D eigenvalue weighted by atomic mass is 31.2. The molecule has 0 spiro atoms. The van der Waals surface area contributed by atoms with E-state index in [2.05, 4.69) is 4.98 Å². The minimum atomic E-state index is -1.06. The second kappa shape index (κ2) is 5.62. The van der Waals surface area contributed by atoms with Gasteiger partial charge in [0.2, 0.25) is 0 Å². The molecule has 2 aliphatic heterocycles. The number of aromatic amines is 1. The summed E-state index contributed by atoms with van der Waals surface area (Å²) < 4.78 is 20.6. The number of nitrogens with zero attached hydrogens (tertiary/aromatic N) is 2. The standard InChI is InChI=1S/C12H18N3O5P/c1-7-5-15(12(17)13-11(7)16)10-4-8-9(19-10)6-18-21(20-8)14(2)3/h5,8-10H,4,6H2,1-3H3,(H,13,16,17)/t8-,9+,10+,21?/m0/s1. The summed E-state index contributed by atoms with van der Waals surface area (Å²) in [6.45, 7) is 2.10. The third-order valence-electron chi connectivity index (χ3n) is 3.54. The average molecular weight is 315 g/mol. The Morgan fingerprint density at radius 3 is 2.86 bits per heavy atom. The monoisotopic (exact) mass is 315 g/mol. The third-order valence-corrected chi connectivity index (χ3v) is 5.01. The predicted molar refractivity (Wildman–Crippen MR) is 76.0 cm³/mol. The van der Waals surface area contributed by atoms with Crippen molar-refractivity contribution in [3.05, 3.63) is 32.6 Å². The molecule has 4 atom stereocenters. The number of fused-ring (bicyclic) bond motifs is 1. The zero-order chi connectivity index (χ0) is 15.1. The van der Waals surface area contributed by atoms with Crippen molar-refractivity contribution in [2.75, 3.05) is 20.7 Å². The fourth-order valence-electron chi connectivity index (χ4n) is 2.43. The molecule has 8 nitrogen and oxygen atoms in total. The first-order valence-electron chi connectivity index (χ1n) is 6.70. The van der Waals surface area contributed by atoms with Crippen molar-refractivity contribution >= 4 is 8.53 Å². The van der Waals surface area contributed by atoms with Crippen LogP contribution in [0.4, 0.5) is 0 Å². The lowest BCUT2D eigenvalue weighted by Crippen LogP contribution is -2.34. The Morgan fingerprint density at radius 1 is 1.38 bits per heavy atom. The van der Waals surface area contributed by atoms with Crippen molar-refractivity contribution in [3.63, 3.8) is 0 Å². The molecule has 0 amide bonds. The second-order valence-corrected chi connectivity index (χ2v) is 7.11. The van der Waals surface area contributed by atoms with Gasteiger partial charge in [0.25, 0.3) is 14.1 Å². The van der Waals surface area contributed by atoms with Crippen LogP contribution in [0.2, 0.25) is 0 Å². The van der Waals surface area contributed by atoms with Crippen LogP contribution in [-0.2, 0) is 13.8 Å². The van der Waals surface area contributed by atoms with Crippen molar-refractivity contribution in [2.45, 2.75) is 31.8 Å². The van der Waals surface area contributed by atoms with Crippen molar-refractivity contribution in [1.29, 1.82) is 0 Å². The van der Waals surface area contributed by atoms with Crippen molar-refractivity contribution in [2.24, 2.45) is 0 Å². The van der Waals surface area contributed by atoms with Gasteiger partial charge in [0.15, 0.2) is 0 Å². The number of rotatable bonds is 2. The lowest BCUT2D eigenvalue weighted by molar-refractivity contribution is -0.0562. The van der Waals surface area contributed by atoms with E-state index in [4.69, 9.17) is 13.8 Å². The Bertz CT molecular complexity index is 643. The van der Waals surface area contributed by atoms with Gasteiger partial charge in [0.05, 0.1) is 12.7 Å². The van der Waals surface area contributed by atoms with E-state index in [1.165, 1.54) is 10.8 Å². The molecule has 3 heterocycles. The maximum absolute atomic E-state index is 11.9. The van der Waals surface area contributed by atoms with Gasteiger partial charge in [-0.15, -0.1) is 0 Å². The summed E-state index contributed by atoms with van der Waals surface area (Å²) in [5, 5.41) is 0. The molecule has 9 heteroatoms. The molecule has 0 radical (unpaired) electrons. The third kappa shape index (κ3) is 2.82. The summed E-state index contributed by atoms with van der Waals surface area (Å²) in [7, 11) is 2.73. The molecule has 0 bridgehead atoms. The van der Waals surface area contributed by atoms with Crippen LogP contribution in [0, 0.1) is 6.92 Å². The van der Waals surface area contributed by atoms with Gasteiger partial charge >= 0.3 is 5.69 Å². The molecule has 2 fully saturated rings. The van der Waals surface area contributed by atoms with E-state index >= 15 is 0 Å². The zero-order valence-corrected chi connectivity index (χ0v) is 13.0. The van der Waals surface area contributed by atoms with Crippen LogP contribution < -0.4 is 11.2 Å². The summed E-state index contributed by atoms with van der Waals surface area (Å²) in [6, 6.07) is 0. The Kier molecular flexibility index (Phi) is 3.98. The summed E-state index contributed by atoms with van der Waals surface area (Å²) >= 11 is 0. The van der Waals surface area contributed by atoms with E-state index in [9.17, 15) is 9.59 Å². The average Bonchev–Trinajstić information content (AvgIpc) is 2.85. The molecule has 1 aromatic rings. The lowest BCUT2D eigenvalue weighted by Gasteiger charge is -2.32. The topological polar surface area (TPSA) is 85.8 Å². The van der Waals surface area contributed by atoms with Crippen molar-refractivity contribution < 1.29 is 13.8 Å². The summed E-state index contributed by atoms with van der Waals surface area (Å²) in [6.07, 6.45) is 1.36. The molecule has 0 aromatic carbocycles. The Morgan fingerprint density at radius 2 is 2.14 bits per heavy atom. The first-order valence-corrected chi connectivity index (χ1v) is 7.83. The maximum Gasteiger partial charge on any atom is 0.330 e. The molecule has 3 rings (SSSR count). The Balaban J connectivity index is 1.80. The van der Waals surface area contributed by atoms with Crippen LogP contribution in [0.1, 0.15) is 18.2 Å². The van der Waals surface area contributed by atoms with Crippen molar-refractivity contribution in [1.82, 2.24) is 14.2 Å². The van der Waals surface area contributed by atoms with Gasteiger partial charge in [-0.1, -0.05) is 0 Å². The van der Waals surface area contributed by atoms with E-state index in [1.54, 1.807) is 6.92 Å². The molecule has 0 saturated carbocycles. The largest absolute Gasteiger partial charge is 0.349 e. The van der Waals surface area contributed by atoms with E-state index in [0.717, 1.165) is 0 Å². The number of aromatic nitrogens is 2. The first-order chi connectivity index (χ1) is 9.95. The Labute approximate surface area is 122 Å². The van der Waals surface area contributed by atoms with Gasteiger partial charge in [0.1, 0.15) is 12.3 Å². The van der Waals surface area contributed by atoms with Gasteiger partial charge in [-0.05, 0) is 21.0 Å². The summed E-state index contributed by atoms with van der Waals surface area (Å²) in [5.41, 5.74) is -0.367. The molecule has 1 unspecified atom stereocenters. The van der Waals surface area contributed by atoms with E-state index in [-0.39, 0.29) is 17.8 Å². The summed E-state index contributed by atoms with van der Waals surface area (Å²) in [4.78, 5) is 25.6. The minimum Gasteiger partial charge on any atom is -0.349 e. The van der Waals surface area contributed by atoms with Crippen LogP contribution in [0.5, 0.6) is 0 Å². The summed E-state index contributed by atoms with van der Waals surface area (Å²) in [5.74, 6) is 0. The van der Waals surface area contributed by atoms with E-state index in [0.29, 0.717) is 18.6 Å². The quantitative estimate of drug-likeness (QED) is 0.792. The highest BCUT2D eigenvalue weighted by Gasteiger charge is 2.43. The number of ether oxygens (including phenoxy) is 1. The molecule has 21 heavy (non-hydrogen) atoms. The number of hydrogen-bond donors (Lipinski definition) is 1. The van der Waals surface area contributed by atoms with Crippen LogP contribution in [0.15, 0.2) is 15.8 Å². The van der Waals surface area contributed by atoms with Gasteiger partial charge in [0, 0.05) is 18.2 Å². The molecular weight excluding hydrogens is 297 g/mol. The molecule has 2 aliphatic rings. The first kappa shape index (κ1) is 14.9. The predicted octanol–water partition coefficient (Wildman–Crippen LogP) is 0.336.